The standard InChI is InChI=1S/C13H19N5O5/c1-13(2,3)23-12(22)16-8(10(20)21)4-7-5-18-11(14-6-15-18)17-9(7)19/h6-8H,4-5H2,1-3H3,(H,16,22)(H,20,21)(H,14,15,17,19)/t7?,8-/m0/s1. The number of carbonyl (C=O) groups is 3. The van der Waals surface area contributed by atoms with Gasteiger partial charge in [-0.2, -0.15) is 10.1 Å². The highest BCUT2D eigenvalue weighted by atomic mass is 16.6. The van der Waals surface area contributed by atoms with Crippen LogP contribution in [0.1, 0.15) is 27.2 Å². The molecule has 2 heterocycles. The van der Waals surface area contributed by atoms with Gasteiger partial charge in [-0.25, -0.2) is 14.3 Å². The summed E-state index contributed by atoms with van der Waals surface area (Å²) in [7, 11) is 0. The van der Waals surface area contributed by atoms with Crippen molar-refractivity contribution in [3.05, 3.63) is 6.33 Å². The molecule has 1 aliphatic heterocycles. The molecule has 1 aromatic heterocycles. The predicted octanol–water partition coefficient (Wildman–Crippen LogP) is 0.214. The van der Waals surface area contributed by atoms with Crippen LogP contribution in [0.25, 0.3) is 0 Å². The lowest BCUT2D eigenvalue weighted by molar-refractivity contribution is -0.140. The number of alkyl carbamates (subject to hydrolysis) is 1. The second-order valence-corrected chi connectivity index (χ2v) is 6.22. The number of carboxylic acids is 1. The number of aliphatic carboxylic acids is 1. The Bertz CT molecular complexity index is 621. The first-order valence-electron chi connectivity index (χ1n) is 7.06. The normalized spacial score (nSPS) is 18.6. The summed E-state index contributed by atoms with van der Waals surface area (Å²) >= 11 is 0. The van der Waals surface area contributed by atoms with Crippen LogP contribution in [0.5, 0.6) is 0 Å². The minimum Gasteiger partial charge on any atom is -0.480 e. The number of anilines is 1. The van der Waals surface area contributed by atoms with E-state index in [2.05, 4.69) is 20.7 Å². The van der Waals surface area contributed by atoms with Crippen molar-refractivity contribution in [2.45, 2.75) is 45.4 Å². The van der Waals surface area contributed by atoms with Crippen LogP contribution >= 0.6 is 0 Å². The first-order chi connectivity index (χ1) is 10.7. The number of amides is 2. The number of ether oxygens (including phenoxy) is 1. The number of carboxylic acid groups (broad SMARTS) is 1. The van der Waals surface area contributed by atoms with E-state index in [9.17, 15) is 19.5 Å². The third kappa shape index (κ3) is 4.41. The zero-order valence-electron chi connectivity index (χ0n) is 13.1. The van der Waals surface area contributed by atoms with Crippen LogP contribution in [0.2, 0.25) is 0 Å². The Morgan fingerprint density at radius 2 is 2.26 bits per heavy atom. The second-order valence-electron chi connectivity index (χ2n) is 6.22. The molecule has 0 saturated heterocycles. The Hall–Kier alpha value is -2.65. The Morgan fingerprint density at radius 3 is 2.87 bits per heavy atom. The van der Waals surface area contributed by atoms with E-state index < -0.39 is 29.6 Å². The lowest BCUT2D eigenvalue weighted by atomic mass is 9.98. The molecule has 10 nitrogen and oxygen atoms in total. The van der Waals surface area contributed by atoms with Gasteiger partial charge in [0, 0.05) is 0 Å². The fraction of sp³-hybridized carbons (Fsp3) is 0.615. The summed E-state index contributed by atoms with van der Waals surface area (Å²) in [6.45, 7) is 5.20. The Morgan fingerprint density at radius 1 is 1.57 bits per heavy atom. The molecule has 2 amide bonds. The van der Waals surface area contributed by atoms with Gasteiger partial charge in [-0.3, -0.25) is 10.1 Å². The maximum atomic E-state index is 12.0. The third-order valence-electron chi connectivity index (χ3n) is 3.12. The van der Waals surface area contributed by atoms with E-state index in [1.54, 1.807) is 20.8 Å². The molecule has 10 heteroatoms. The first-order valence-corrected chi connectivity index (χ1v) is 7.06. The highest BCUT2D eigenvalue weighted by Gasteiger charge is 2.33. The topological polar surface area (TPSA) is 135 Å². The van der Waals surface area contributed by atoms with Gasteiger partial charge in [-0.1, -0.05) is 0 Å². The second kappa shape index (κ2) is 6.23. The molecule has 0 radical (unpaired) electrons. The molecule has 3 N–H and O–H groups in total. The summed E-state index contributed by atoms with van der Waals surface area (Å²) in [4.78, 5) is 38.9. The molecular weight excluding hydrogens is 306 g/mol. The number of aromatic nitrogens is 3. The molecule has 0 spiro atoms. The van der Waals surface area contributed by atoms with Crippen molar-refractivity contribution in [3.63, 3.8) is 0 Å². The van der Waals surface area contributed by atoms with Gasteiger partial charge in [-0.15, -0.1) is 0 Å². The summed E-state index contributed by atoms with van der Waals surface area (Å²) in [5, 5.41) is 18.0. The van der Waals surface area contributed by atoms with Crippen LogP contribution in [0.15, 0.2) is 6.33 Å². The maximum Gasteiger partial charge on any atom is 0.408 e. The summed E-state index contributed by atoms with van der Waals surface area (Å²) in [6.07, 6.45) is 0.369. The number of hydrogen-bond donors (Lipinski definition) is 3. The van der Waals surface area contributed by atoms with E-state index >= 15 is 0 Å². The fourth-order valence-electron chi connectivity index (χ4n) is 2.14. The van der Waals surface area contributed by atoms with E-state index in [0.717, 1.165) is 0 Å². The molecular formula is C13H19N5O5. The molecule has 0 aromatic carbocycles. The number of nitrogens with zero attached hydrogens (tertiary/aromatic N) is 3. The Labute approximate surface area is 132 Å². The number of fused-ring (bicyclic) bond motifs is 1. The zero-order valence-corrected chi connectivity index (χ0v) is 13.1. The molecule has 2 rings (SSSR count). The maximum absolute atomic E-state index is 12.0. The van der Waals surface area contributed by atoms with Gasteiger partial charge in [0.05, 0.1) is 12.5 Å². The number of carbonyl (C=O) groups excluding carboxylic acids is 2. The molecule has 1 aromatic rings. The molecule has 0 bridgehead atoms. The average Bonchev–Trinajstić information content (AvgIpc) is 2.82. The summed E-state index contributed by atoms with van der Waals surface area (Å²) in [5.41, 5.74) is -0.745. The molecule has 23 heavy (non-hydrogen) atoms. The quantitative estimate of drug-likeness (QED) is 0.720. The van der Waals surface area contributed by atoms with Gasteiger partial charge in [0.25, 0.3) is 0 Å². The molecule has 0 aliphatic carbocycles. The monoisotopic (exact) mass is 325 g/mol. The molecule has 126 valence electrons. The van der Waals surface area contributed by atoms with E-state index in [0.29, 0.717) is 5.95 Å². The lowest BCUT2D eigenvalue weighted by Crippen LogP contribution is -2.47. The SMILES string of the molecule is CC(C)(C)OC(=O)N[C@@H](CC1Cn2ncnc2NC1=O)C(=O)O. The fourth-order valence-corrected chi connectivity index (χ4v) is 2.14. The van der Waals surface area contributed by atoms with Crippen molar-refractivity contribution < 1.29 is 24.2 Å². The number of rotatable bonds is 4. The highest BCUT2D eigenvalue weighted by Crippen LogP contribution is 2.20. The Kier molecular flexibility index (Phi) is 4.52. The summed E-state index contributed by atoms with van der Waals surface area (Å²) < 4.78 is 6.51. The summed E-state index contributed by atoms with van der Waals surface area (Å²) in [6, 6.07) is -1.24. The molecule has 1 aliphatic rings. The van der Waals surface area contributed by atoms with Gasteiger partial charge < -0.3 is 15.2 Å². The van der Waals surface area contributed by atoms with Gasteiger partial charge in [-0.05, 0) is 27.2 Å². The van der Waals surface area contributed by atoms with Crippen molar-refractivity contribution in [2.75, 3.05) is 5.32 Å². The third-order valence-corrected chi connectivity index (χ3v) is 3.12. The van der Waals surface area contributed by atoms with E-state index in [-0.39, 0.29) is 18.9 Å². The van der Waals surface area contributed by atoms with Crippen LogP contribution in [-0.4, -0.2) is 49.5 Å². The molecule has 0 fully saturated rings. The van der Waals surface area contributed by atoms with E-state index in [4.69, 9.17) is 4.74 Å². The van der Waals surface area contributed by atoms with Gasteiger partial charge >= 0.3 is 12.1 Å². The largest absolute Gasteiger partial charge is 0.480 e. The summed E-state index contributed by atoms with van der Waals surface area (Å²) in [5.74, 6) is -1.94. The van der Waals surface area contributed by atoms with Gasteiger partial charge in [0.2, 0.25) is 11.9 Å². The van der Waals surface area contributed by atoms with Crippen LogP contribution in [-0.2, 0) is 20.9 Å². The van der Waals surface area contributed by atoms with Crippen LogP contribution in [0, 0.1) is 5.92 Å². The number of hydrogen-bond acceptors (Lipinski definition) is 6. The molecule has 2 atom stereocenters. The van der Waals surface area contributed by atoms with Crippen LogP contribution < -0.4 is 10.6 Å². The van der Waals surface area contributed by atoms with Crippen LogP contribution in [0.4, 0.5) is 10.7 Å². The van der Waals surface area contributed by atoms with Crippen molar-refractivity contribution in [2.24, 2.45) is 5.92 Å². The first kappa shape index (κ1) is 16.7. The highest BCUT2D eigenvalue weighted by molar-refractivity contribution is 5.92. The lowest BCUT2D eigenvalue weighted by Gasteiger charge is -2.26. The van der Waals surface area contributed by atoms with Crippen molar-refractivity contribution in [1.29, 1.82) is 0 Å². The van der Waals surface area contributed by atoms with Crippen molar-refractivity contribution >= 4 is 23.9 Å². The molecule has 1 unspecified atom stereocenters. The Balaban J connectivity index is 2.01. The minimum atomic E-state index is -1.24. The van der Waals surface area contributed by atoms with E-state index in [1.807, 2.05) is 0 Å². The van der Waals surface area contributed by atoms with Gasteiger partial charge in [0.15, 0.2) is 0 Å². The molecule has 0 saturated carbocycles. The predicted molar refractivity (Wildman–Crippen MR) is 77.6 cm³/mol. The van der Waals surface area contributed by atoms with E-state index in [1.165, 1.54) is 11.0 Å². The number of nitrogens with one attached hydrogen (secondary N) is 2. The van der Waals surface area contributed by atoms with Crippen molar-refractivity contribution in [1.82, 2.24) is 20.1 Å². The smallest absolute Gasteiger partial charge is 0.408 e. The average molecular weight is 325 g/mol. The zero-order chi connectivity index (χ0) is 17.2. The van der Waals surface area contributed by atoms with Gasteiger partial charge in [0.1, 0.15) is 18.0 Å². The minimum absolute atomic E-state index is 0.0836. The van der Waals surface area contributed by atoms with Crippen LogP contribution in [0.3, 0.4) is 0 Å². The van der Waals surface area contributed by atoms with Crippen molar-refractivity contribution in [3.8, 4) is 0 Å².